The molecule has 1 spiro atoms. The smallest absolute Gasteiger partial charge is 0.355 e. The van der Waals surface area contributed by atoms with Gasteiger partial charge in [-0.2, -0.15) is 0 Å². The maximum atomic E-state index is 15.0. The molecule has 6 heterocycles. The molecule has 0 bridgehead atoms. The molecule has 0 saturated carbocycles. The lowest BCUT2D eigenvalue weighted by molar-refractivity contribution is 0.0690. The predicted molar refractivity (Wildman–Crippen MR) is 208 cm³/mol. The van der Waals surface area contributed by atoms with E-state index < -0.39 is 18.0 Å². The summed E-state index contributed by atoms with van der Waals surface area (Å²) < 4.78 is 21.8. The Bertz CT molecular complexity index is 2210. The molecule has 12 nitrogen and oxygen atoms in total. The number of ether oxygens (including phenoxy) is 1. The molecule has 54 heavy (non-hydrogen) atoms. The molecular weight excluding hydrogens is 728 g/mol. The molecule has 0 radical (unpaired) electrons. The number of aliphatic hydroxyl groups is 1. The lowest BCUT2D eigenvalue weighted by Crippen LogP contribution is -2.41. The van der Waals surface area contributed by atoms with E-state index in [4.69, 9.17) is 4.74 Å². The SMILES string of the molecule is Cc1c(Nc2nc3ccccc3s2)nnc2c1CCCN2c1nc(C(=O)O)c(CCCOc2ccc(C#CCN3CCC4(CC3)CNC(O)C4)cc2F)s1. The second kappa shape index (κ2) is 15.6. The largest absolute Gasteiger partial charge is 0.491 e. The lowest BCUT2D eigenvalue weighted by atomic mass is 9.77. The van der Waals surface area contributed by atoms with Crippen LogP contribution >= 0.6 is 22.7 Å². The number of hydrogen-bond donors (Lipinski definition) is 4. The minimum Gasteiger partial charge on any atom is -0.491 e. The normalized spacial score (nSPS) is 18.1. The van der Waals surface area contributed by atoms with Crippen LogP contribution in [-0.4, -0.2) is 86.8 Å². The van der Waals surface area contributed by atoms with Gasteiger partial charge in [-0.05, 0) is 101 Å². The summed E-state index contributed by atoms with van der Waals surface area (Å²) in [6.07, 6.45) is 5.05. The Morgan fingerprint density at radius 3 is 2.78 bits per heavy atom. The highest BCUT2D eigenvalue weighted by Crippen LogP contribution is 2.40. The van der Waals surface area contributed by atoms with E-state index in [1.807, 2.05) is 36.1 Å². The highest BCUT2D eigenvalue weighted by molar-refractivity contribution is 7.22. The summed E-state index contributed by atoms with van der Waals surface area (Å²) in [7, 11) is 0. The Labute approximate surface area is 320 Å². The van der Waals surface area contributed by atoms with E-state index in [1.165, 1.54) is 17.4 Å². The molecule has 2 fully saturated rings. The van der Waals surface area contributed by atoms with E-state index in [9.17, 15) is 19.4 Å². The van der Waals surface area contributed by atoms with Crippen molar-refractivity contribution in [2.24, 2.45) is 5.41 Å². The van der Waals surface area contributed by atoms with E-state index in [-0.39, 0.29) is 23.5 Å². The number of carboxylic acid groups (broad SMARTS) is 1. The summed E-state index contributed by atoms with van der Waals surface area (Å²) in [6.45, 7) is 6.22. The van der Waals surface area contributed by atoms with E-state index in [0.717, 1.165) is 78.2 Å². The number of aromatic nitrogens is 4. The number of benzene rings is 2. The summed E-state index contributed by atoms with van der Waals surface area (Å²) >= 11 is 2.88. The zero-order chi connectivity index (χ0) is 37.2. The number of aliphatic hydroxyl groups excluding tert-OH is 1. The number of aromatic carboxylic acids is 1. The number of carbonyl (C=O) groups is 1. The van der Waals surface area contributed by atoms with Crippen molar-refractivity contribution in [1.82, 2.24) is 30.4 Å². The molecule has 1 unspecified atom stereocenters. The molecule has 4 N–H and O–H groups in total. The van der Waals surface area contributed by atoms with Crippen molar-refractivity contribution >= 4 is 60.8 Å². The molecule has 2 aromatic carbocycles. The summed E-state index contributed by atoms with van der Waals surface area (Å²) in [5.74, 6) is 6.12. The van der Waals surface area contributed by atoms with Crippen LogP contribution in [0, 0.1) is 30.0 Å². The second-order valence-electron chi connectivity index (χ2n) is 14.2. The Hall–Kier alpha value is -4.72. The van der Waals surface area contributed by atoms with Gasteiger partial charge in [0.15, 0.2) is 39.2 Å². The Morgan fingerprint density at radius 1 is 1.15 bits per heavy atom. The fraction of sp³-hybridized carbons (Fsp3) is 0.410. The van der Waals surface area contributed by atoms with Gasteiger partial charge >= 0.3 is 5.97 Å². The van der Waals surface area contributed by atoms with Crippen LogP contribution < -0.4 is 20.3 Å². The Balaban J connectivity index is 0.864. The minimum absolute atomic E-state index is 0.00781. The minimum atomic E-state index is -1.10. The van der Waals surface area contributed by atoms with Crippen LogP contribution in [0.2, 0.25) is 0 Å². The molecule has 0 aliphatic carbocycles. The van der Waals surface area contributed by atoms with Crippen molar-refractivity contribution in [3.8, 4) is 17.6 Å². The number of nitrogens with one attached hydrogen (secondary N) is 2. The van der Waals surface area contributed by atoms with E-state index >= 15 is 0 Å². The first-order valence-electron chi connectivity index (χ1n) is 18.3. The number of halogens is 1. The van der Waals surface area contributed by atoms with Crippen molar-refractivity contribution in [1.29, 1.82) is 0 Å². The van der Waals surface area contributed by atoms with Crippen LogP contribution in [0.4, 0.5) is 26.3 Å². The van der Waals surface area contributed by atoms with Gasteiger partial charge in [0, 0.05) is 34.7 Å². The van der Waals surface area contributed by atoms with Crippen LogP contribution in [0.3, 0.4) is 0 Å². The Morgan fingerprint density at radius 2 is 2.00 bits per heavy atom. The number of thiazole rings is 2. The van der Waals surface area contributed by atoms with Crippen molar-refractivity contribution in [3.05, 3.63) is 75.5 Å². The third-order valence-electron chi connectivity index (χ3n) is 10.6. The quantitative estimate of drug-likeness (QED) is 0.0937. The van der Waals surface area contributed by atoms with Gasteiger partial charge in [0.2, 0.25) is 0 Å². The number of hydrogen-bond acceptors (Lipinski definition) is 13. The van der Waals surface area contributed by atoms with Crippen molar-refractivity contribution in [3.63, 3.8) is 0 Å². The van der Waals surface area contributed by atoms with Crippen LogP contribution in [0.15, 0.2) is 42.5 Å². The Kier molecular flexibility index (Phi) is 10.5. The van der Waals surface area contributed by atoms with Gasteiger partial charge in [0.1, 0.15) is 6.23 Å². The first-order chi connectivity index (χ1) is 26.2. The van der Waals surface area contributed by atoms with Gasteiger partial charge in [-0.15, -0.1) is 21.5 Å². The third-order valence-corrected chi connectivity index (χ3v) is 12.6. The van der Waals surface area contributed by atoms with Gasteiger partial charge in [-0.1, -0.05) is 35.3 Å². The molecule has 3 aliphatic rings. The molecule has 15 heteroatoms. The van der Waals surface area contributed by atoms with Gasteiger partial charge in [0.05, 0.1) is 23.4 Å². The van der Waals surface area contributed by atoms with E-state index in [0.29, 0.717) is 53.1 Å². The van der Waals surface area contributed by atoms with E-state index in [2.05, 4.69) is 47.5 Å². The number of carboxylic acids is 1. The molecule has 5 aromatic rings. The maximum absolute atomic E-state index is 15.0. The van der Waals surface area contributed by atoms with Crippen molar-refractivity contribution in [2.45, 2.75) is 58.1 Å². The fourth-order valence-electron chi connectivity index (χ4n) is 7.52. The number of aryl methyl sites for hydroxylation is 1. The summed E-state index contributed by atoms with van der Waals surface area (Å²) in [5.41, 5.74) is 3.72. The van der Waals surface area contributed by atoms with Gasteiger partial charge in [-0.25, -0.2) is 19.2 Å². The average molecular weight is 769 g/mol. The van der Waals surface area contributed by atoms with Gasteiger partial charge in [0.25, 0.3) is 0 Å². The van der Waals surface area contributed by atoms with Crippen LogP contribution in [0.5, 0.6) is 5.75 Å². The zero-order valence-corrected chi connectivity index (χ0v) is 31.5. The first kappa shape index (κ1) is 36.3. The number of piperidine rings is 1. The van der Waals surface area contributed by atoms with Gasteiger partial charge in [-0.3, -0.25) is 10.2 Å². The van der Waals surface area contributed by atoms with E-state index in [1.54, 1.807) is 23.5 Å². The predicted octanol–water partition coefficient (Wildman–Crippen LogP) is 6.27. The highest BCUT2D eigenvalue weighted by atomic mass is 32.1. The van der Waals surface area contributed by atoms with Crippen LogP contribution in [0.25, 0.3) is 10.2 Å². The third kappa shape index (κ3) is 7.75. The molecule has 3 aliphatic heterocycles. The number of nitrogens with zero attached hydrogens (tertiary/aromatic N) is 6. The fourth-order valence-corrected chi connectivity index (χ4v) is 9.51. The average Bonchev–Trinajstić information content (AvgIpc) is 3.89. The number of likely N-dealkylation sites (tertiary alicyclic amines) is 1. The van der Waals surface area contributed by atoms with Gasteiger partial charge < -0.3 is 25.2 Å². The van der Waals surface area contributed by atoms with Crippen molar-refractivity contribution < 1.29 is 24.1 Å². The molecule has 8 rings (SSSR count). The number of anilines is 4. The molecule has 1 atom stereocenters. The zero-order valence-electron chi connectivity index (χ0n) is 29.9. The summed E-state index contributed by atoms with van der Waals surface area (Å²) in [4.78, 5) is 26.3. The van der Waals surface area contributed by atoms with Crippen LogP contribution in [0.1, 0.15) is 64.2 Å². The number of para-hydroxylation sites is 1. The number of fused-ring (bicyclic) bond motifs is 2. The summed E-state index contributed by atoms with van der Waals surface area (Å²) in [5, 5.41) is 36.8. The van der Waals surface area contributed by atoms with Crippen molar-refractivity contribution in [2.75, 3.05) is 49.5 Å². The topological polar surface area (TPSA) is 149 Å². The molecule has 0 amide bonds. The molecule has 280 valence electrons. The molecule has 3 aromatic heterocycles. The standard InChI is InChI=1S/C39H41FN8O4S2/c1-24-26-8-5-17-48(35(26)46-45-34(24)44-37-42-28-9-2-3-10-30(28)53-37)38-43-33(36(50)51)31(54-38)11-6-20-52-29-13-12-25(21-27(29)40)7-4-16-47-18-14-39(15-19-47)22-32(49)41-23-39/h2-3,9-10,12-13,21,32,41,49H,5-6,8,11,14-20,22-23H2,1H3,(H,50,51)(H,42,44,45). The lowest BCUT2D eigenvalue weighted by Gasteiger charge is -2.38. The first-order valence-corrected chi connectivity index (χ1v) is 19.9. The maximum Gasteiger partial charge on any atom is 0.355 e. The number of rotatable bonds is 10. The van der Waals surface area contributed by atoms with Crippen LogP contribution in [-0.2, 0) is 12.8 Å². The molecule has 2 saturated heterocycles. The monoisotopic (exact) mass is 768 g/mol. The summed E-state index contributed by atoms with van der Waals surface area (Å²) in [6, 6.07) is 12.7. The second-order valence-corrected chi connectivity index (χ2v) is 16.3. The highest BCUT2D eigenvalue weighted by Gasteiger charge is 2.40. The molecular formula is C39H41FN8O4S2.